The molecular weight excluding hydrogens is 805 g/mol. The molecule has 0 saturated heterocycles. The lowest BCUT2D eigenvalue weighted by Crippen LogP contribution is -2.30. The van der Waals surface area contributed by atoms with Crippen LogP contribution < -0.4 is 0 Å². The zero-order chi connectivity index (χ0) is 47.2. The summed E-state index contributed by atoms with van der Waals surface area (Å²) < 4.78 is 16.8. The molecule has 0 unspecified atom stereocenters. The molecule has 65 heavy (non-hydrogen) atoms. The lowest BCUT2D eigenvalue weighted by Gasteiger charge is -2.18. The quantitative estimate of drug-likeness (QED) is 0.0262. The minimum Gasteiger partial charge on any atom is -0.462 e. The third-order valence-electron chi connectivity index (χ3n) is 12.0. The van der Waals surface area contributed by atoms with Crippen molar-refractivity contribution in [2.45, 2.75) is 284 Å². The SMILES string of the molecule is CC/C=C\C/C=C\C/C=C\CCCCCCCC(=O)O[C@H](COC(=O)CCCCCCCCC/C=C\C/C=C\CCCCC)COC(=O)CCCCCCCCCCCCCCCCC. The highest BCUT2D eigenvalue weighted by molar-refractivity contribution is 5.71. The van der Waals surface area contributed by atoms with Crippen LogP contribution in [0.1, 0.15) is 278 Å². The molecule has 0 rings (SSSR count). The minimum absolute atomic E-state index is 0.0816. The number of unbranched alkanes of at least 4 members (excludes halogenated alkanes) is 29. The molecule has 0 aliphatic carbocycles. The Hall–Kier alpha value is -2.89. The zero-order valence-corrected chi connectivity index (χ0v) is 43.0. The number of hydrogen-bond acceptors (Lipinski definition) is 6. The van der Waals surface area contributed by atoms with Gasteiger partial charge in [0.25, 0.3) is 0 Å². The molecule has 0 aromatic heterocycles. The Morgan fingerprint density at radius 1 is 0.323 bits per heavy atom. The summed E-state index contributed by atoms with van der Waals surface area (Å²) >= 11 is 0. The Morgan fingerprint density at radius 3 is 0.969 bits per heavy atom. The van der Waals surface area contributed by atoms with Gasteiger partial charge in [0.1, 0.15) is 13.2 Å². The van der Waals surface area contributed by atoms with Crippen LogP contribution in [0, 0.1) is 0 Å². The van der Waals surface area contributed by atoms with E-state index in [0.29, 0.717) is 19.3 Å². The van der Waals surface area contributed by atoms with Crippen LogP contribution in [0.4, 0.5) is 0 Å². The molecule has 0 N–H and O–H groups in total. The summed E-state index contributed by atoms with van der Waals surface area (Å²) in [4.78, 5) is 38.1. The topological polar surface area (TPSA) is 78.9 Å². The first-order valence-corrected chi connectivity index (χ1v) is 27.8. The molecule has 0 saturated carbocycles. The van der Waals surface area contributed by atoms with Crippen LogP contribution >= 0.6 is 0 Å². The van der Waals surface area contributed by atoms with E-state index in [-0.39, 0.29) is 31.1 Å². The Balaban J connectivity index is 4.40. The molecule has 376 valence electrons. The van der Waals surface area contributed by atoms with Gasteiger partial charge in [-0.2, -0.15) is 0 Å². The minimum atomic E-state index is -0.784. The van der Waals surface area contributed by atoms with Crippen LogP contribution in [-0.2, 0) is 28.6 Å². The first-order chi connectivity index (χ1) is 32.0. The predicted octanol–water partition coefficient (Wildman–Crippen LogP) is 18.4. The molecule has 0 radical (unpaired) electrons. The van der Waals surface area contributed by atoms with E-state index < -0.39 is 6.10 Å². The summed E-state index contributed by atoms with van der Waals surface area (Å²) in [6.45, 7) is 6.50. The van der Waals surface area contributed by atoms with Crippen molar-refractivity contribution >= 4 is 17.9 Å². The maximum absolute atomic E-state index is 12.8. The van der Waals surface area contributed by atoms with Gasteiger partial charge in [-0.3, -0.25) is 14.4 Å². The fraction of sp³-hybridized carbons (Fsp3) is 0.780. The van der Waals surface area contributed by atoms with E-state index in [1.54, 1.807) is 0 Å². The Kier molecular flexibility index (Phi) is 51.3. The molecule has 6 nitrogen and oxygen atoms in total. The Bertz CT molecular complexity index is 1180. The van der Waals surface area contributed by atoms with E-state index in [1.165, 1.54) is 128 Å². The number of carbonyl (C=O) groups is 3. The van der Waals surface area contributed by atoms with Gasteiger partial charge in [0.15, 0.2) is 6.10 Å². The summed E-state index contributed by atoms with van der Waals surface area (Å²) in [5.41, 5.74) is 0. The van der Waals surface area contributed by atoms with Gasteiger partial charge >= 0.3 is 17.9 Å². The summed E-state index contributed by atoms with van der Waals surface area (Å²) in [5.74, 6) is -0.897. The van der Waals surface area contributed by atoms with Gasteiger partial charge in [0.05, 0.1) is 0 Å². The first kappa shape index (κ1) is 62.1. The number of carbonyl (C=O) groups excluding carboxylic acids is 3. The molecular formula is C59H104O6. The van der Waals surface area contributed by atoms with Crippen molar-refractivity contribution in [3.8, 4) is 0 Å². The van der Waals surface area contributed by atoms with E-state index in [0.717, 1.165) is 109 Å². The fourth-order valence-corrected chi connectivity index (χ4v) is 7.84. The van der Waals surface area contributed by atoms with Crippen LogP contribution in [0.15, 0.2) is 60.8 Å². The number of ether oxygens (including phenoxy) is 3. The van der Waals surface area contributed by atoms with E-state index in [9.17, 15) is 14.4 Å². The van der Waals surface area contributed by atoms with Gasteiger partial charge < -0.3 is 14.2 Å². The van der Waals surface area contributed by atoms with Crippen LogP contribution in [0.3, 0.4) is 0 Å². The molecule has 0 aliphatic rings. The first-order valence-electron chi connectivity index (χ1n) is 27.8. The van der Waals surface area contributed by atoms with Crippen LogP contribution in [0.25, 0.3) is 0 Å². The number of rotatable bonds is 50. The van der Waals surface area contributed by atoms with E-state index in [4.69, 9.17) is 14.2 Å². The monoisotopic (exact) mass is 909 g/mol. The van der Waals surface area contributed by atoms with Crippen molar-refractivity contribution in [1.29, 1.82) is 0 Å². The second kappa shape index (κ2) is 53.7. The van der Waals surface area contributed by atoms with Crippen molar-refractivity contribution in [2.24, 2.45) is 0 Å². The number of hydrogen-bond donors (Lipinski definition) is 0. The van der Waals surface area contributed by atoms with E-state index >= 15 is 0 Å². The summed E-state index contributed by atoms with van der Waals surface area (Å²) in [6.07, 6.45) is 66.3. The molecule has 1 atom stereocenters. The lowest BCUT2D eigenvalue weighted by atomic mass is 10.0. The molecule has 0 aromatic carbocycles. The largest absolute Gasteiger partial charge is 0.462 e. The third-order valence-corrected chi connectivity index (χ3v) is 12.0. The van der Waals surface area contributed by atoms with Crippen LogP contribution in [0.5, 0.6) is 0 Å². The van der Waals surface area contributed by atoms with Gasteiger partial charge in [-0.1, -0.05) is 236 Å². The smallest absolute Gasteiger partial charge is 0.306 e. The molecule has 0 spiro atoms. The van der Waals surface area contributed by atoms with Crippen molar-refractivity contribution in [1.82, 2.24) is 0 Å². The Morgan fingerprint density at radius 2 is 0.600 bits per heavy atom. The molecule has 0 heterocycles. The Labute approximate surface area is 402 Å². The number of allylic oxidation sites excluding steroid dienone is 10. The highest BCUT2D eigenvalue weighted by Gasteiger charge is 2.19. The standard InChI is InChI=1S/C59H104O6/c1-4-7-10-13-16-19-22-25-28-29-32-34-37-40-43-46-49-52-58(61)64-55-56(65-59(62)53-50-47-44-41-38-35-31-27-24-21-18-15-12-9-6-3)54-63-57(60)51-48-45-42-39-36-33-30-26-23-20-17-14-11-8-5-2/h9,12,16,18-19,21,25,27-28,31,56H,4-8,10-11,13-15,17,20,22-24,26,29-30,32-55H2,1-3H3/b12-9-,19-16-,21-18-,28-25-,31-27-/t56-/m0/s1. The highest BCUT2D eigenvalue weighted by atomic mass is 16.6. The predicted molar refractivity (Wildman–Crippen MR) is 279 cm³/mol. The molecule has 6 heteroatoms. The lowest BCUT2D eigenvalue weighted by molar-refractivity contribution is -0.167. The molecule has 0 aromatic rings. The maximum atomic E-state index is 12.8. The van der Waals surface area contributed by atoms with Gasteiger partial charge in [0.2, 0.25) is 0 Å². The van der Waals surface area contributed by atoms with Gasteiger partial charge in [-0.15, -0.1) is 0 Å². The van der Waals surface area contributed by atoms with Crippen LogP contribution in [0.2, 0.25) is 0 Å². The maximum Gasteiger partial charge on any atom is 0.306 e. The van der Waals surface area contributed by atoms with Gasteiger partial charge in [0, 0.05) is 19.3 Å². The third kappa shape index (κ3) is 51.9. The highest BCUT2D eigenvalue weighted by Crippen LogP contribution is 2.16. The summed E-state index contributed by atoms with van der Waals surface area (Å²) in [5, 5.41) is 0. The van der Waals surface area contributed by atoms with Crippen LogP contribution in [-0.4, -0.2) is 37.2 Å². The van der Waals surface area contributed by atoms with Crippen molar-refractivity contribution < 1.29 is 28.6 Å². The molecule has 0 amide bonds. The van der Waals surface area contributed by atoms with Crippen molar-refractivity contribution in [3.63, 3.8) is 0 Å². The second-order valence-electron chi connectivity index (χ2n) is 18.5. The molecule has 0 bridgehead atoms. The van der Waals surface area contributed by atoms with E-state index in [1.807, 2.05) is 0 Å². The molecule has 0 fully saturated rings. The fourth-order valence-electron chi connectivity index (χ4n) is 7.84. The van der Waals surface area contributed by atoms with Crippen molar-refractivity contribution in [3.05, 3.63) is 60.8 Å². The second-order valence-corrected chi connectivity index (χ2v) is 18.5. The number of esters is 3. The zero-order valence-electron chi connectivity index (χ0n) is 43.0. The van der Waals surface area contributed by atoms with Gasteiger partial charge in [-0.05, 0) is 83.5 Å². The average Bonchev–Trinajstić information content (AvgIpc) is 3.30. The van der Waals surface area contributed by atoms with Gasteiger partial charge in [-0.25, -0.2) is 0 Å². The normalized spacial score (nSPS) is 12.5. The average molecular weight is 909 g/mol. The summed E-state index contributed by atoms with van der Waals surface area (Å²) in [6, 6.07) is 0. The molecule has 0 aliphatic heterocycles. The van der Waals surface area contributed by atoms with E-state index in [2.05, 4.69) is 81.5 Å². The van der Waals surface area contributed by atoms with Crippen molar-refractivity contribution in [2.75, 3.05) is 13.2 Å². The summed E-state index contributed by atoms with van der Waals surface area (Å²) in [7, 11) is 0.